The van der Waals surface area contributed by atoms with Crippen molar-refractivity contribution in [1.29, 1.82) is 0 Å². The van der Waals surface area contributed by atoms with Gasteiger partial charge < -0.3 is 16.4 Å². The van der Waals surface area contributed by atoms with E-state index >= 15 is 0 Å². The number of amides is 2. The second-order valence-electron chi connectivity index (χ2n) is 4.61. The van der Waals surface area contributed by atoms with Crippen molar-refractivity contribution in [3.05, 3.63) is 58.1 Å². The number of carbonyl (C=O) groups excluding carboxylic acids is 1. The molecule has 2 rings (SSSR count). The molecule has 0 heterocycles. The third-order valence-electron chi connectivity index (χ3n) is 2.96. The van der Waals surface area contributed by atoms with Crippen LogP contribution in [0.4, 0.5) is 16.2 Å². The summed E-state index contributed by atoms with van der Waals surface area (Å²) in [5.41, 5.74) is 7.73. The lowest BCUT2D eigenvalue weighted by atomic mass is 10.1. The number of carbonyl (C=O) groups is 1. The van der Waals surface area contributed by atoms with Gasteiger partial charge in [0.2, 0.25) is 0 Å². The molecule has 4 nitrogen and oxygen atoms in total. The fourth-order valence-electron chi connectivity index (χ4n) is 1.82. The summed E-state index contributed by atoms with van der Waals surface area (Å²) in [6.07, 6.45) is 0. The van der Waals surface area contributed by atoms with Gasteiger partial charge in [-0.25, -0.2) is 4.79 Å². The molecule has 0 aliphatic carbocycles. The molecular formula is C15H15Cl2N3O. The van der Waals surface area contributed by atoms with Crippen LogP contribution in [0, 0.1) is 0 Å². The van der Waals surface area contributed by atoms with Crippen LogP contribution in [0.5, 0.6) is 0 Å². The minimum atomic E-state index is -0.358. The summed E-state index contributed by atoms with van der Waals surface area (Å²) in [4.78, 5) is 12.0. The normalized spacial score (nSPS) is 11.8. The van der Waals surface area contributed by atoms with Gasteiger partial charge in [-0.1, -0.05) is 35.3 Å². The van der Waals surface area contributed by atoms with E-state index in [1.165, 1.54) is 0 Å². The van der Waals surface area contributed by atoms with Crippen LogP contribution in [-0.2, 0) is 0 Å². The minimum absolute atomic E-state index is 0.163. The van der Waals surface area contributed by atoms with Gasteiger partial charge in [-0.3, -0.25) is 0 Å². The monoisotopic (exact) mass is 323 g/mol. The van der Waals surface area contributed by atoms with Gasteiger partial charge in [0.15, 0.2) is 0 Å². The minimum Gasteiger partial charge on any atom is -0.399 e. The molecule has 0 spiro atoms. The first-order valence-electron chi connectivity index (χ1n) is 6.33. The largest absolute Gasteiger partial charge is 0.399 e. The number of hydrogen-bond acceptors (Lipinski definition) is 2. The standard InChI is InChI=1S/C15H15Cl2N3O/c1-9(10-2-5-12(18)6-3-10)19-15(21)20-14-8-11(16)4-7-13(14)17/h2-9H,18H2,1H3,(H2,19,20,21). The molecule has 0 radical (unpaired) electrons. The highest BCUT2D eigenvalue weighted by molar-refractivity contribution is 6.35. The molecule has 110 valence electrons. The first kappa shape index (κ1) is 15.5. The van der Waals surface area contributed by atoms with E-state index in [9.17, 15) is 4.79 Å². The van der Waals surface area contributed by atoms with Gasteiger partial charge in [0.05, 0.1) is 16.8 Å². The van der Waals surface area contributed by atoms with Crippen LogP contribution in [0.25, 0.3) is 0 Å². The average Bonchev–Trinajstić information content (AvgIpc) is 2.43. The van der Waals surface area contributed by atoms with E-state index in [4.69, 9.17) is 28.9 Å². The van der Waals surface area contributed by atoms with Crippen LogP contribution in [-0.4, -0.2) is 6.03 Å². The van der Waals surface area contributed by atoms with Crippen molar-refractivity contribution in [1.82, 2.24) is 5.32 Å². The highest BCUT2D eigenvalue weighted by Gasteiger charge is 2.11. The zero-order valence-corrected chi connectivity index (χ0v) is 12.9. The predicted molar refractivity (Wildman–Crippen MR) is 87.9 cm³/mol. The van der Waals surface area contributed by atoms with Gasteiger partial charge in [-0.15, -0.1) is 0 Å². The number of rotatable bonds is 3. The Labute approximate surface area is 133 Å². The SMILES string of the molecule is CC(NC(=O)Nc1cc(Cl)ccc1Cl)c1ccc(N)cc1. The summed E-state index contributed by atoms with van der Waals surface area (Å²) < 4.78 is 0. The zero-order chi connectivity index (χ0) is 15.4. The number of benzene rings is 2. The summed E-state index contributed by atoms with van der Waals surface area (Å²) in [6.45, 7) is 1.88. The topological polar surface area (TPSA) is 67.2 Å². The highest BCUT2D eigenvalue weighted by atomic mass is 35.5. The maximum absolute atomic E-state index is 12.0. The van der Waals surface area contributed by atoms with Crippen molar-refractivity contribution in [3.63, 3.8) is 0 Å². The Bertz CT molecular complexity index is 644. The van der Waals surface area contributed by atoms with Crippen molar-refractivity contribution >= 4 is 40.6 Å². The molecule has 0 bridgehead atoms. The quantitative estimate of drug-likeness (QED) is 0.730. The van der Waals surface area contributed by atoms with Crippen LogP contribution < -0.4 is 16.4 Å². The van der Waals surface area contributed by atoms with Crippen LogP contribution in [0.3, 0.4) is 0 Å². The van der Waals surface area contributed by atoms with E-state index in [0.29, 0.717) is 21.4 Å². The molecule has 6 heteroatoms. The molecule has 0 saturated carbocycles. The summed E-state index contributed by atoms with van der Waals surface area (Å²) in [5, 5.41) is 6.42. The third-order valence-corrected chi connectivity index (χ3v) is 3.53. The van der Waals surface area contributed by atoms with Gasteiger partial charge in [-0.2, -0.15) is 0 Å². The number of halogens is 2. The number of nitrogens with two attached hydrogens (primary N) is 1. The van der Waals surface area contributed by atoms with Crippen molar-refractivity contribution < 1.29 is 4.79 Å². The molecule has 2 aromatic carbocycles. The fourth-order valence-corrected chi connectivity index (χ4v) is 2.15. The van der Waals surface area contributed by atoms with Gasteiger partial charge in [0.1, 0.15) is 0 Å². The Morgan fingerprint density at radius 3 is 2.48 bits per heavy atom. The fraction of sp³-hybridized carbons (Fsp3) is 0.133. The third kappa shape index (κ3) is 4.28. The molecule has 0 saturated heterocycles. The van der Waals surface area contributed by atoms with E-state index < -0.39 is 0 Å². The van der Waals surface area contributed by atoms with Crippen LogP contribution in [0.15, 0.2) is 42.5 Å². The molecule has 0 aromatic heterocycles. The molecular weight excluding hydrogens is 309 g/mol. The lowest BCUT2D eigenvalue weighted by Crippen LogP contribution is -2.31. The molecule has 2 amide bonds. The van der Waals surface area contributed by atoms with Crippen molar-refractivity contribution in [2.24, 2.45) is 0 Å². The molecule has 21 heavy (non-hydrogen) atoms. The van der Waals surface area contributed by atoms with Gasteiger partial charge in [0, 0.05) is 10.7 Å². The molecule has 4 N–H and O–H groups in total. The Hall–Kier alpha value is -1.91. The van der Waals surface area contributed by atoms with Gasteiger partial charge >= 0.3 is 6.03 Å². The molecule has 2 aromatic rings. The Kier molecular flexibility index (Phi) is 4.94. The highest BCUT2D eigenvalue weighted by Crippen LogP contribution is 2.25. The second-order valence-corrected chi connectivity index (χ2v) is 5.45. The molecule has 0 fully saturated rings. The predicted octanol–water partition coefficient (Wildman–Crippen LogP) is 4.46. The van der Waals surface area contributed by atoms with Crippen molar-refractivity contribution in [2.75, 3.05) is 11.1 Å². The van der Waals surface area contributed by atoms with Crippen LogP contribution in [0.2, 0.25) is 10.0 Å². The second kappa shape index (κ2) is 6.70. The Morgan fingerprint density at radius 1 is 1.14 bits per heavy atom. The summed E-state index contributed by atoms with van der Waals surface area (Å²) in [5.74, 6) is 0. The van der Waals surface area contributed by atoms with Gasteiger partial charge in [-0.05, 0) is 42.8 Å². The zero-order valence-electron chi connectivity index (χ0n) is 11.4. The maximum atomic E-state index is 12.0. The lowest BCUT2D eigenvalue weighted by Gasteiger charge is -2.16. The van der Waals surface area contributed by atoms with E-state index in [0.717, 1.165) is 5.56 Å². The number of urea groups is 1. The Balaban J connectivity index is 2.01. The first-order valence-corrected chi connectivity index (χ1v) is 7.09. The number of nitrogens with one attached hydrogen (secondary N) is 2. The van der Waals surface area contributed by atoms with Gasteiger partial charge in [0.25, 0.3) is 0 Å². The summed E-state index contributed by atoms with van der Waals surface area (Å²) >= 11 is 11.9. The van der Waals surface area contributed by atoms with E-state index in [1.807, 2.05) is 19.1 Å². The molecule has 1 unspecified atom stereocenters. The molecule has 0 aliphatic heterocycles. The van der Waals surface area contributed by atoms with Crippen molar-refractivity contribution in [2.45, 2.75) is 13.0 Å². The average molecular weight is 324 g/mol. The first-order chi connectivity index (χ1) is 9.95. The molecule has 1 atom stereocenters. The number of anilines is 2. The van der Waals surface area contributed by atoms with Crippen molar-refractivity contribution in [3.8, 4) is 0 Å². The van der Waals surface area contributed by atoms with E-state index in [1.54, 1.807) is 30.3 Å². The van der Waals surface area contributed by atoms with Crippen LogP contribution >= 0.6 is 23.2 Å². The number of nitrogen functional groups attached to an aromatic ring is 1. The lowest BCUT2D eigenvalue weighted by molar-refractivity contribution is 0.249. The number of hydrogen-bond donors (Lipinski definition) is 3. The van der Waals surface area contributed by atoms with E-state index in [2.05, 4.69) is 10.6 Å². The molecule has 0 aliphatic rings. The summed E-state index contributed by atoms with van der Waals surface area (Å²) in [6, 6.07) is 11.7. The Morgan fingerprint density at radius 2 is 1.81 bits per heavy atom. The van der Waals surface area contributed by atoms with Crippen LogP contribution in [0.1, 0.15) is 18.5 Å². The summed E-state index contributed by atoms with van der Waals surface area (Å²) in [7, 11) is 0. The maximum Gasteiger partial charge on any atom is 0.319 e. The van der Waals surface area contributed by atoms with E-state index in [-0.39, 0.29) is 12.1 Å². The smallest absolute Gasteiger partial charge is 0.319 e.